The summed E-state index contributed by atoms with van der Waals surface area (Å²) in [5.41, 5.74) is 5.43. The van der Waals surface area contributed by atoms with E-state index in [9.17, 15) is 14.4 Å². The third-order valence-corrected chi connectivity index (χ3v) is 3.90. The minimum Gasteiger partial charge on any atom is -0.481 e. The number of amides is 2. The van der Waals surface area contributed by atoms with E-state index >= 15 is 0 Å². The summed E-state index contributed by atoms with van der Waals surface area (Å²) in [4.78, 5) is 34.6. The van der Waals surface area contributed by atoms with Crippen molar-refractivity contribution in [2.45, 2.75) is 51.3 Å². The van der Waals surface area contributed by atoms with Crippen molar-refractivity contribution < 1.29 is 19.5 Å². The predicted molar refractivity (Wildman–Crippen MR) is 89.8 cm³/mol. The molecule has 0 saturated heterocycles. The lowest BCUT2D eigenvalue weighted by atomic mass is 9.87. The maximum Gasteiger partial charge on any atom is 0.304 e. The molecule has 130 valence electrons. The van der Waals surface area contributed by atoms with Crippen molar-refractivity contribution in [2.75, 3.05) is 13.6 Å². The Kier molecular flexibility index (Phi) is 11.8. The molecule has 0 rings (SSSR count). The molecule has 5 N–H and O–H groups in total. The molecule has 3 unspecified atom stereocenters. The fraction of sp³-hybridized carbons (Fsp3) is 0.786. The molecule has 0 fully saturated rings. The van der Waals surface area contributed by atoms with Crippen LogP contribution in [0.2, 0.25) is 0 Å². The highest BCUT2D eigenvalue weighted by molar-refractivity contribution is 7.81. The summed E-state index contributed by atoms with van der Waals surface area (Å²) < 4.78 is -0.787. The summed E-state index contributed by atoms with van der Waals surface area (Å²) in [6.07, 6.45) is 0.152. The van der Waals surface area contributed by atoms with Crippen molar-refractivity contribution in [1.29, 1.82) is 0 Å². The minimum absolute atomic E-state index is 0.0688. The van der Waals surface area contributed by atoms with Gasteiger partial charge in [-0.05, 0) is 13.3 Å². The standard InChI is InChI=1S/C12H23N3O4S.C2H6/c1-4-12(2,20)7(5-9(16)17)10(18)15-8(6-13)11(19)14-3;1-2/h7-8,20H,4-6,13H2,1-3H3,(H,14,19)(H,15,18)(H,16,17);1-2H3. The monoisotopic (exact) mass is 335 g/mol. The van der Waals surface area contributed by atoms with Gasteiger partial charge in [-0.15, -0.1) is 0 Å². The Morgan fingerprint density at radius 3 is 2.09 bits per heavy atom. The summed E-state index contributed by atoms with van der Waals surface area (Å²) in [7, 11) is 1.43. The molecule has 2 amide bonds. The number of rotatable bonds is 8. The van der Waals surface area contributed by atoms with Crippen molar-refractivity contribution in [3.05, 3.63) is 0 Å². The summed E-state index contributed by atoms with van der Waals surface area (Å²) in [5.74, 6) is -2.91. The van der Waals surface area contributed by atoms with Crippen molar-refractivity contribution in [2.24, 2.45) is 11.7 Å². The van der Waals surface area contributed by atoms with E-state index in [1.165, 1.54) is 7.05 Å². The van der Waals surface area contributed by atoms with Gasteiger partial charge in [-0.25, -0.2) is 0 Å². The van der Waals surface area contributed by atoms with Crippen LogP contribution in [0.4, 0.5) is 0 Å². The average molecular weight is 335 g/mol. The molecule has 0 aromatic rings. The van der Waals surface area contributed by atoms with Gasteiger partial charge in [-0.1, -0.05) is 20.8 Å². The smallest absolute Gasteiger partial charge is 0.304 e. The quantitative estimate of drug-likeness (QED) is 0.411. The molecular weight excluding hydrogens is 306 g/mol. The number of carbonyl (C=O) groups excluding carboxylic acids is 2. The van der Waals surface area contributed by atoms with Gasteiger partial charge >= 0.3 is 5.97 Å². The number of carbonyl (C=O) groups is 3. The van der Waals surface area contributed by atoms with Crippen LogP contribution < -0.4 is 16.4 Å². The number of hydrogen-bond donors (Lipinski definition) is 5. The summed E-state index contributed by atoms with van der Waals surface area (Å²) in [6.45, 7) is 7.44. The molecule has 3 atom stereocenters. The Balaban J connectivity index is 0. The Morgan fingerprint density at radius 2 is 1.77 bits per heavy atom. The van der Waals surface area contributed by atoms with Gasteiger partial charge < -0.3 is 21.5 Å². The normalized spacial score (nSPS) is 15.4. The van der Waals surface area contributed by atoms with E-state index in [-0.39, 0.29) is 13.0 Å². The third kappa shape index (κ3) is 7.65. The predicted octanol–water partition coefficient (Wildman–Crippen LogP) is 0.392. The first-order chi connectivity index (χ1) is 10.2. The van der Waals surface area contributed by atoms with Crippen LogP contribution in [-0.4, -0.2) is 47.3 Å². The summed E-state index contributed by atoms with van der Waals surface area (Å²) >= 11 is 4.37. The summed E-state index contributed by atoms with van der Waals surface area (Å²) in [6, 6.07) is -0.884. The van der Waals surface area contributed by atoms with E-state index in [0.717, 1.165) is 0 Å². The number of carboxylic acids is 1. The van der Waals surface area contributed by atoms with Crippen molar-refractivity contribution >= 4 is 30.4 Å². The van der Waals surface area contributed by atoms with E-state index in [2.05, 4.69) is 23.3 Å². The van der Waals surface area contributed by atoms with Gasteiger partial charge in [0.1, 0.15) is 6.04 Å². The molecule has 0 saturated carbocycles. The zero-order valence-corrected chi connectivity index (χ0v) is 14.9. The van der Waals surface area contributed by atoms with E-state index in [4.69, 9.17) is 10.8 Å². The molecule has 0 aliphatic rings. The minimum atomic E-state index is -1.09. The molecule has 0 bridgehead atoms. The lowest BCUT2D eigenvalue weighted by Gasteiger charge is -2.31. The highest BCUT2D eigenvalue weighted by atomic mass is 32.1. The average Bonchev–Trinajstić information content (AvgIpc) is 2.50. The Bertz CT molecular complexity index is 375. The van der Waals surface area contributed by atoms with Gasteiger partial charge in [0, 0.05) is 18.3 Å². The fourth-order valence-corrected chi connectivity index (χ4v) is 1.90. The molecule has 7 nitrogen and oxygen atoms in total. The molecule has 0 aromatic carbocycles. The topological polar surface area (TPSA) is 122 Å². The lowest BCUT2D eigenvalue weighted by molar-refractivity contribution is -0.142. The van der Waals surface area contributed by atoms with Gasteiger partial charge in [0.25, 0.3) is 0 Å². The molecule has 0 spiro atoms. The van der Waals surface area contributed by atoms with Crippen molar-refractivity contribution in [1.82, 2.24) is 10.6 Å². The molecule has 0 heterocycles. The number of nitrogens with one attached hydrogen (secondary N) is 2. The third-order valence-electron chi connectivity index (χ3n) is 3.28. The second kappa shape index (κ2) is 11.3. The van der Waals surface area contributed by atoms with Crippen LogP contribution in [0.1, 0.15) is 40.5 Å². The summed E-state index contributed by atoms with van der Waals surface area (Å²) in [5, 5.41) is 13.8. The van der Waals surface area contributed by atoms with E-state index in [1.54, 1.807) is 6.92 Å². The maximum atomic E-state index is 12.2. The highest BCUT2D eigenvalue weighted by Gasteiger charge is 2.37. The number of thiol groups is 1. The zero-order valence-electron chi connectivity index (χ0n) is 14.0. The van der Waals surface area contributed by atoms with Crippen LogP contribution >= 0.6 is 12.6 Å². The molecule has 0 aliphatic heterocycles. The Hall–Kier alpha value is -1.28. The number of aliphatic carboxylic acids is 1. The maximum absolute atomic E-state index is 12.2. The molecule has 0 aliphatic carbocycles. The van der Waals surface area contributed by atoms with Crippen LogP contribution in [0.3, 0.4) is 0 Å². The first kappa shape index (κ1) is 23.0. The van der Waals surface area contributed by atoms with Gasteiger partial charge in [0.15, 0.2) is 0 Å². The number of nitrogens with two attached hydrogens (primary N) is 1. The molecule has 0 aromatic heterocycles. The van der Waals surface area contributed by atoms with Crippen LogP contribution in [0, 0.1) is 5.92 Å². The van der Waals surface area contributed by atoms with Crippen molar-refractivity contribution in [3.63, 3.8) is 0 Å². The largest absolute Gasteiger partial charge is 0.481 e. The Labute approximate surface area is 137 Å². The SMILES string of the molecule is CC.CCC(C)(S)C(CC(=O)O)C(=O)NC(CN)C(=O)NC. The van der Waals surface area contributed by atoms with Crippen LogP contribution in [0.5, 0.6) is 0 Å². The molecular formula is C14H29N3O4S. The van der Waals surface area contributed by atoms with E-state index in [0.29, 0.717) is 6.42 Å². The van der Waals surface area contributed by atoms with Gasteiger partial charge in [0.05, 0.1) is 12.3 Å². The van der Waals surface area contributed by atoms with Gasteiger partial charge in [-0.2, -0.15) is 12.6 Å². The molecule has 22 heavy (non-hydrogen) atoms. The van der Waals surface area contributed by atoms with Gasteiger partial charge in [-0.3, -0.25) is 14.4 Å². The Morgan fingerprint density at radius 1 is 1.27 bits per heavy atom. The first-order valence-electron chi connectivity index (χ1n) is 7.35. The molecule has 0 radical (unpaired) electrons. The highest BCUT2D eigenvalue weighted by Crippen LogP contribution is 2.31. The second-order valence-electron chi connectivity index (χ2n) is 4.77. The lowest BCUT2D eigenvalue weighted by Crippen LogP contribution is -2.54. The van der Waals surface area contributed by atoms with Crippen LogP contribution in [0.25, 0.3) is 0 Å². The molecule has 8 heteroatoms. The fourth-order valence-electron chi connectivity index (χ4n) is 1.69. The van der Waals surface area contributed by atoms with E-state index < -0.39 is 34.5 Å². The van der Waals surface area contributed by atoms with E-state index in [1.807, 2.05) is 20.8 Å². The number of likely N-dealkylation sites (N-methyl/N-ethyl adjacent to an activating group) is 1. The van der Waals surface area contributed by atoms with Crippen molar-refractivity contribution in [3.8, 4) is 0 Å². The van der Waals surface area contributed by atoms with Gasteiger partial charge in [0.2, 0.25) is 11.8 Å². The number of carboxylic acid groups (broad SMARTS) is 1. The van der Waals surface area contributed by atoms with Crippen LogP contribution in [0.15, 0.2) is 0 Å². The number of hydrogen-bond acceptors (Lipinski definition) is 5. The zero-order chi connectivity index (χ0) is 17.9. The second-order valence-corrected chi connectivity index (χ2v) is 5.79. The first-order valence-corrected chi connectivity index (χ1v) is 7.80. The van der Waals surface area contributed by atoms with Crippen LogP contribution in [-0.2, 0) is 14.4 Å².